The second kappa shape index (κ2) is 3.38. The second-order valence-corrected chi connectivity index (χ2v) is 4.50. The first-order valence-electron chi connectivity index (χ1n) is 5.86. The minimum Gasteiger partial charge on any atom is -0.268 e. The van der Waals surface area contributed by atoms with Crippen LogP contribution in [-0.2, 0) is 0 Å². The molecule has 3 aromatic heterocycles. The Kier molecular flexibility index (Phi) is 1.81. The molecule has 0 spiro atoms. The normalized spacial score (nSPS) is 11.6. The summed E-state index contributed by atoms with van der Waals surface area (Å²) in [6, 6.07) is 7.37. The molecular weight excluding hydrogens is 242 g/mol. The molecule has 0 saturated heterocycles. The molecule has 1 aromatic carbocycles. The molecule has 0 aliphatic rings. The van der Waals surface area contributed by atoms with E-state index in [0.717, 1.165) is 5.56 Å². The molecule has 6 nitrogen and oxygen atoms in total. The van der Waals surface area contributed by atoms with Crippen molar-refractivity contribution in [3.63, 3.8) is 0 Å². The van der Waals surface area contributed by atoms with E-state index in [9.17, 15) is 4.79 Å². The van der Waals surface area contributed by atoms with Gasteiger partial charge in [0.1, 0.15) is 16.7 Å². The number of hydrogen-bond donors (Lipinski definition) is 1. The highest BCUT2D eigenvalue weighted by atomic mass is 16.1. The first-order valence-corrected chi connectivity index (χ1v) is 5.86. The highest BCUT2D eigenvalue weighted by molar-refractivity contribution is 6.01. The van der Waals surface area contributed by atoms with Crippen LogP contribution < -0.4 is 5.56 Å². The van der Waals surface area contributed by atoms with Crippen LogP contribution in [-0.4, -0.2) is 24.8 Å². The molecule has 19 heavy (non-hydrogen) atoms. The maximum Gasteiger partial charge on any atom is 0.268 e. The predicted octanol–water partition coefficient (Wildman–Crippen LogP) is 1.43. The molecule has 1 N–H and O–H groups in total. The van der Waals surface area contributed by atoms with E-state index in [2.05, 4.69) is 20.4 Å². The van der Waals surface area contributed by atoms with Gasteiger partial charge in [0.15, 0.2) is 0 Å². The van der Waals surface area contributed by atoms with Gasteiger partial charge in [-0.05, 0) is 30.7 Å². The Morgan fingerprint density at radius 3 is 2.84 bits per heavy atom. The average Bonchev–Trinajstić information content (AvgIpc) is 2.88. The molecule has 6 heteroatoms. The minimum atomic E-state index is -0.122. The second-order valence-electron chi connectivity index (χ2n) is 4.50. The zero-order valence-electron chi connectivity index (χ0n) is 10.1. The van der Waals surface area contributed by atoms with Crippen LogP contribution >= 0.6 is 0 Å². The Morgan fingerprint density at radius 2 is 1.95 bits per heavy atom. The van der Waals surface area contributed by atoms with Gasteiger partial charge in [-0.25, -0.2) is 4.98 Å². The monoisotopic (exact) mass is 251 g/mol. The third kappa shape index (κ3) is 1.31. The molecule has 4 rings (SSSR count). The van der Waals surface area contributed by atoms with E-state index in [-0.39, 0.29) is 5.56 Å². The van der Waals surface area contributed by atoms with Crippen molar-refractivity contribution < 1.29 is 0 Å². The van der Waals surface area contributed by atoms with Gasteiger partial charge in [0.05, 0.1) is 10.9 Å². The Balaban J connectivity index is 2.36. The van der Waals surface area contributed by atoms with Crippen LogP contribution in [0.5, 0.6) is 0 Å². The molecule has 0 aliphatic heterocycles. The molecule has 4 aromatic rings. The highest BCUT2D eigenvalue weighted by Crippen LogP contribution is 2.18. The summed E-state index contributed by atoms with van der Waals surface area (Å²) >= 11 is 0. The number of aromatic nitrogens is 5. The average molecular weight is 251 g/mol. The topological polar surface area (TPSA) is 75.9 Å². The fraction of sp³-hybridized carbons (Fsp3) is 0.0769. The Bertz CT molecular complexity index is 998. The van der Waals surface area contributed by atoms with Gasteiger partial charge in [-0.3, -0.25) is 9.20 Å². The number of benzene rings is 1. The summed E-state index contributed by atoms with van der Waals surface area (Å²) in [4.78, 5) is 17.1. The van der Waals surface area contributed by atoms with Gasteiger partial charge in [-0.2, -0.15) is 15.4 Å². The Labute approximate surface area is 106 Å². The quantitative estimate of drug-likeness (QED) is 0.480. The van der Waals surface area contributed by atoms with Gasteiger partial charge in [0.2, 0.25) is 0 Å². The lowest BCUT2D eigenvalue weighted by Crippen LogP contribution is -2.15. The fourth-order valence-electron chi connectivity index (χ4n) is 2.30. The first kappa shape index (κ1) is 10.2. The lowest BCUT2D eigenvalue weighted by molar-refractivity contribution is 0.959. The van der Waals surface area contributed by atoms with Crippen LogP contribution in [0.15, 0.2) is 35.3 Å². The molecule has 0 fully saturated rings. The number of nitrogens with zero attached hydrogens (tertiary/aromatic N) is 4. The number of aromatic amines is 1. The third-order valence-corrected chi connectivity index (χ3v) is 3.21. The predicted molar refractivity (Wildman–Crippen MR) is 71.2 cm³/mol. The van der Waals surface area contributed by atoms with Gasteiger partial charge in [0.25, 0.3) is 5.56 Å². The number of pyridine rings is 1. The first-order chi connectivity index (χ1) is 9.24. The number of H-pyrrole nitrogens is 1. The van der Waals surface area contributed by atoms with Crippen LogP contribution in [0.4, 0.5) is 0 Å². The van der Waals surface area contributed by atoms with Crippen molar-refractivity contribution in [3.05, 3.63) is 46.4 Å². The van der Waals surface area contributed by atoms with E-state index in [1.165, 1.54) is 0 Å². The van der Waals surface area contributed by atoms with E-state index >= 15 is 0 Å². The summed E-state index contributed by atoms with van der Waals surface area (Å²) < 4.78 is 1.55. The molecule has 0 aliphatic carbocycles. The molecule has 3 heterocycles. The molecule has 0 amide bonds. The van der Waals surface area contributed by atoms with Crippen molar-refractivity contribution in [3.8, 4) is 0 Å². The smallest absolute Gasteiger partial charge is 0.268 e. The van der Waals surface area contributed by atoms with Crippen molar-refractivity contribution in [2.45, 2.75) is 6.92 Å². The summed E-state index contributed by atoms with van der Waals surface area (Å²) in [6.45, 7) is 1.94. The maximum atomic E-state index is 12.6. The van der Waals surface area contributed by atoms with Gasteiger partial charge >= 0.3 is 0 Å². The van der Waals surface area contributed by atoms with Crippen molar-refractivity contribution in [2.24, 2.45) is 0 Å². The number of aryl methyl sites for hydroxylation is 1. The number of hydrogen-bond acceptors (Lipinski definition) is 4. The van der Waals surface area contributed by atoms with E-state index in [4.69, 9.17) is 0 Å². The summed E-state index contributed by atoms with van der Waals surface area (Å²) in [7, 11) is 0. The molecule has 0 atom stereocenters. The van der Waals surface area contributed by atoms with E-state index in [1.807, 2.05) is 19.1 Å². The van der Waals surface area contributed by atoms with Crippen LogP contribution in [0, 0.1) is 6.92 Å². The molecule has 0 radical (unpaired) electrons. The highest BCUT2D eigenvalue weighted by Gasteiger charge is 2.11. The van der Waals surface area contributed by atoms with E-state index in [1.54, 1.807) is 22.7 Å². The number of nitrogens with one attached hydrogen (secondary N) is 1. The van der Waals surface area contributed by atoms with Crippen LogP contribution in [0.1, 0.15) is 5.56 Å². The fourth-order valence-corrected chi connectivity index (χ4v) is 2.30. The largest absolute Gasteiger partial charge is 0.268 e. The third-order valence-electron chi connectivity index (χ3n) is 3.21. The van der Waals surface area contributed by atoms with Crippen molar-refractivity contribution >= 4 is 27.6 Å². The van der Waals surface area contributed by atoms with Crippen LogP contribution in [0.25, 0.3) is 27.6 Å². The Morgan fingerprint density at radius 1 is 1.11 bits per heavy atom. The summed E-state index contributed by atoms with van der Waals surface area (Å²) in [5, 5.41) is 11.1. The Hall–Kier alpha value is -2.76. The van der Waals surface area contributed by atoms with Crippen LogP contribution in [0.2, 0.25) is 0 Å². The molecule has 0 unspecified atom stereocenters. The van der Waals surface area contributed by atoms with Crippen LogP contribution in [0.3, 0.4) is 0 Å². The zero-order valence-corrected chi connectivity index (χ0v) is 10.1. The van der Waals surface area contributed by atoms with Gasteiger partial charge in [-0.1, -0.05) is 6.07 Å². The molecular formula is C13H9N5O. The van der Waals surface area contributed by atoms with Gasteiger partial charge < -0.3 is 0 Å². The van der Waals surface area contributed by atoms with Gasteiger partial charge in [0, 0.05) is 6.20 Å². The van der Waals surface area contributed by atoms with E-state index < -0.39 is 0 Å². The zero-order chi connectivity index (χ0) is 13.0. The van der Waals surface area contributed by atoms with Crippen molar-refractivity contribution in [1.29, 1.82) is 0 Å². The summed E-state index contributed by atoms with van der Waals surface area (Å²) in [6.07, 6.45) is 1.78. The SMILES string of the molecule is Cc1ccc2nc3ccc4n[nH]nc4c3c(=O)n2c1. The lowest BCUT2D eigenvalue weighted by atomic mass is 10.2. The number of fused-ring (bicyclic) bond motifs is 4. The van der Waals surface area contributed by atoms with Crippen molar-refractivity contribution in [2.75, 3.05) is 0 Å². The van der Waals surface area contributed by atoms with Crippen molar-refractivity contribution in [1.82, 2.24) is 24.8 Å². The summed E-state index contributed by atoms with van der Waals surface area (Å²) in [5.74, 6) is 0. The van der Waals surface area contributed by atoms with Gasteiger partial charge in [-0.15, -0.1) is 0 Å². The standard InChI is InChI=1S/C13H9N5O/c1-7-2-5-10-14-8-3-4-9-12(16-17-15-9)11(8)13(19)18(10)6-7/h2-6H,1H3,(H,15,16,17). The maximum absolute atomic E-state index is 12.6. The molecule has 92 valence electrons. The lowest BCUT2D eigenvalue weighted by Gasteiger charge is -2.04. The summed E-state index contributed by atoms with van der Waals surface area (Å²) in [5.41, 5.74) is 3.37. The number of rotatable bonds is 0. The van der Waals surface area contributed by atoms with E-state index in [0.29, 0.717) is 27.6 Å². The molecule has 0 saturated carbocycles. The minimum absolute atomic E-state index is 0.122. The molecule has 0 bridgehead atoms.